The minimum Gasteiger partial charge on any atom is -0.504 e. The molecule has 2 aliphatic carbocycles. The fraction of sp³-hybridized carbons (Fsp3) is 0.588. The third-order valence-corrected chi connectivity index (χ3v) is 6.08. The van der Waals surface area contributed by atoms with E-state index >= 15 is 0 Å². The molecular weight excluding hydrogens is 282 g/mol. The van der Waals surface area contributed by atoms with Crippen LogP contribution in [0.5, 0.6) is 11.5 Å². The second-order valence-corrected chi connectivity index (χ2v) is 6.77. The average Bonchev–Trinajstić information content (AvgIpc) is 2.80. The number of piperidine rings is 1. The summed E-state index contributed by atoms with van der Waals surface area (Å²) in [6.45, 7) is 0.759. The van der Waals surface area contributed by atoms with Gasteiger partial charge in [0.1, 0.15) is 0 Å². The molecule has 1 spiro atoms. The van der Waals surface area contributed by atoms with Gasteiger partial charge in [0.05, 0.1) is 11.0 Å². The normalized spacial score (nSPS) is 40.5. The molecule has 5 nitrogen and oxygen atoms in total. The van der Waals surface area contributed by atoms with Crippen molar-refractivity contribution in [2.75, 3.05) is 6.54 Å². The Balaban J connectivity index is 0.00000125. The molecule has 0 unspecified atom stereocenters. The smallest absolute Gasteiger partial charge is 0.174 e. The zero-order valence-electron chi connectivity index (χ0n) is 11.6. The van der Waals surface area contributed by atoms with Gasteiger partial charge in [-0.1, -0.05) is 13.5 Å². The van der Waals surface area contributed by atoms with Gasteiger partial charge in [-0.3, -0.25) is 4.79 Å². The molecule has 0 aromatic heterocycles. The lowest BCUT2D eigenvalue weighted by Crippen LogP contribution is -2.76. The van der Waals surface area contributed by atoms with Crippen LogP contribution < -0.4 is 10.1 Å². The molecular formula is C17H21NO4. The van der Waals surface area contributed by atoms with Crippen molar-refractivity contribution >= 4 is 5.78 Å². The summed E-state index contributed by atoms with van der Waals surface area (Å²) in [5.41, 5.74) is 0.332. The summed E-state index contributed by atoms with van der Waals surface area (Å²) in [6, 6.07) is 3.49. The Morgan fingerprint density at radius 2 is 2.14 bits per heavy atom. The Kier molecular flexibility index (Phi) is 2.57. The van der Waals surface area contributed by atoms with Gasteiger partial charge in [-0.15, -0.1) is 0 Å². The van der Waals surface area contributed by atoms with Crippen molar-refractivity contribution in [3.8, 4) is 11.5 Å². The highest BCUT2D eigenvalue weighted by atomic mass is 16.5. The van der Waals surface area contributed by atoms with Gasteiger partial charge in [-0.2, -0.15) is 0 Å². The first-order chi connectivity index (χ1) is 10.1. The minimum absolute atomic E-state index is 0. The van der Waals surface area contributed by atoms with Crippen LogP contribution in [0, 0.1) is 0 Å². The Morgan fingerprint density at radius 3 is 2.95 bits per heavy atom. The number of phenolic OH excluding ortho intramolecular Hbond substituents is 1. The average molecular weight is 303 g/mol. The minimum atomic E-state index is -0.962. The quantitative estimate of drug-likeness (QED) is 0.667. The number of carbonyl (C=O) groups excluding carboxylic acids is 1. The number of hydrogen-bond donors (Lipinski definition) is 3. The van der Waals surface area contributed by atoms with E-state index in [2.05, 4.69) is 5.32 Å². The summed E-state index contributed by atoms with van der Waals surface area (Å²) in [5, 5.41) is 25.0. The third-order valence-electron chi connectivity index (χ3n) is 6.08. The van der Waals surface area contributed by atoms with E-state index in [1.165, 1.54) is 0 Å². The molecule has 118 valence electrons. The zero-order valence-corrected chi connectivity index (χ0v) is 11.6. The number of hydrogen-bond acceptors (Lipinski definition) is 5. The number of aromatic hydroxyl groups is 1. The summed E-state index contributed by atoms with van der Waals surface area (Å²) >= 11 is 0. The van der Waals surface area contributed by atoms with Gasteiger partial charge in [-0.25, -0.2) is 0 Å². The molecule has 5 heteroatoms. The van der Waals surface area contributed by atoms with Crippen LogP contribution in [0.15, 0.2) is 12.1 Å². The van der Waals surface area contributed by atoms with E-state index in [0.29, 0.717) is 31.4 Å². The molecule has 5 rings (SSSR count). The van der Waals surface area contributed by atoms with Crippen LogP contribution in [0.2, 0.25) is 0 Å². The highest BCUT2D eigenvalue weighted by Crippen LogP contribution is 2.63. The fourth-order valence-corrected chi connectivity index (χ4v) is 5.22. The molecule has 2 fully saturated rings. The first-order valence-corrected chi connectivity index (χ1v) is 7.58. The van der Waals surface area contributed by atoms with E-state index in [1.54, 1.807) is 6.07 Å². The van der Waals surface area contributed by atoms with Crippen LogP contribution in [0.25, 0.3) is 0 Å². The van der Waals surface area contributed by atoms with Crippen molar-refractivity contribution in [1.29, 1.82) is 0 Å². The second kappa shape index (κ2) is 4.03. The summed E-state index contributed by atoms with van der Waals surface area (Å²) in [4.78, 5) is 12.4. The molecule has 3 N–H and O–H groups in total. The number of benzene rings is 1. The molecule has 2 bridgehead atoms. The lowest BCUT2D eigenvalue weighted by Gasteiger charge is -2.59. The monoisotopic (exact) mass is 303 g/mol. The molecule has 2 aliphatic heterocycles. The van der Waals surface area contributed by atoms with Crippen molar-refractivity contribution in [1.82, 2.24) is 5.32 Å². The molecule has 1 aromatic carbocycles. The van der Waals surface area contributed by atoms with Crippen LogP contribution in [0.1, 0.15) is 37.8 Å². The van der Waals surface area contributed by atoms with Crippen LogP contribution in [-0.4, -0.2) is 40.3 Å². The van der Waals surface area contributed by atoms with E-state index in [4.69, 9.17) is 4.74 Å². The summed E-state index contributed by atoms with van der Waals surface area (Å²) < 4.78 is 5.90. The van der Waals surface area contributed by atoms with Crippen molar-refractivity contribution < 1.29 is 19.7 Å². The highest BCUT2D eigenvalue weighted by molar-refractivity contribution is 5.90. The van der Waals surface area contributed by atoms with E-state index in [0.717, 1.165) is 17.7 Å². The number of rotatable bonds is 0. The molecule has 1 aromatic rings. The summed E-state index contributed by atoms with van der Waals surface area (Å²) in [5.74, 6) is 0.542. The van der Waals surface area contributed by atoms with Gasteiger partial charge >= 0.3 is 0 Å². The Bertz CT molecular complexity index is 687. The lowest BCUT2D eigenvalue weighted by atomic mass is 9.49. The third kappa shape index (κ3) is 1.23. The SMILES string of the molecule is C.O=C1CC[C@@]2(O)[C@H]3Cc4ccc(O)c5c4[C@@]2(CCN3)[C@H]1O5. The molecule has 2 heterocycles. The van der Waals surface area contributed by atoms with Crippen molar-refractivity contribution in [3.05, 3.63) is 23.3 Å². The zero-order chi connectivity index (χ0) is 14.4. The van der Waals surface area contributed by atoms with Crippen molar-refractivity contribution in [2.45, 2.75) is 56.3 Å². The van der Waals surface area contributed by atoms with Gasteiger partial charge in [0, 0.05) is 18.0 Å². The first-order valence-electron chi connectivity index (χ1n) is 7.58. The Morgan fingerprint density at radius 1 is 1.32 bits per heavy atom. The molecule has 0 amide bonds. The maximum atomic E-state index is 12.4. The Hall–Kier alpha value is -1.59. The lowest BCUT2D eigenvalue weighted by molar-refractivity contribution is -0.166. The number of ether oxygens (including phenoxy) is 1. The maximum absolute atomic E-state index is 12.4. The first kappa shape index (κ1) is 14.0. The van der Waals surface area contributed by atoms with Gasteiger partial charge in [-0.05, 0) is 37.4 Å². The predicted octanol–water partition coefficient (Wildman–Crippen LogP) is 1.04. The van der Waals surface area contributed by atoms with Crippen LogP contribution in [-0.2, 0) is 16.6 Å². The standard InChI is InChI=1S/C16H17NO4.CH4/c18-9-2-1-8-7-11-16(20)4-3-10(19)14-15(16,5-6-17-11)12(8)13(9)21-14;/h1-2,11,14,17-18,20H,3-7H2;1H4/t11-,14+,15+,16-;/m1./s1. The molecule has 4 aliphatic rings. The fourth-order valence-electron chi connectivity index (χ4n) is 5.22. The molecule has 1 saturated heterocycles. The topological polar surface area (TPSA) is 78.8 Å². The number of aliphatic hydroxyl groups is 1. The summed E-state index contributed by atoms with van der Waals surface area (Å²) in [6.07, 6.45) is 1.54. The highest BCUT2D eigenvalue weighted by Gasteiger charge is 2.71. The van der Waals surface area contributed by atoms with Crippen molar-refractivity contribution in [3.63, 3.8) is 0 Å². The number of phenols is 1. The van der Waals surface area contributed by atoms with Gasteiger partial charge in [0.25, 0.3) is 0 Å². The van der Waals surface area contributed by atoms with E-state index in [9.17, 15) is 15.0 Å². The second-order valence-electron chi connectivity index (χ2n) is 6.77. The van der Waals surface area contributed by atoms with E-state index in [-0.39, 0.29) is 25.0 Å². The van der Waals surface area contributed by atoms with Gasteiger partial charge in [0.2, 0.25) is 0 Å². The molecule has 4 atom stereocenters. The summed E-state index contributed by atoms with van der Waals surface area (Å²) in [7, 11) is 0. The van der Waals surface area contributed by atoms with E-state index < -0.39 is 17.1 Å². The number of ketones is 1. The molecule has 22 heavy (non-hydrogen) atoms. The van der Waals surface area contributed by atoms with Crippen LogP contribution >= 0.6 is 0 Å². The number of Topliss-reactive ketones (excluding diaryl/α,β-unsaturated/α-hetero) is 1. The Labute approximate surface area is 129 Å². The largest absolute Gasteiger partial charge is 0.504 e. The number of nitrogens with one attached hydrogen (secondary N) is 1. The maximum Gasteiger partial charge on any atom is 0.174 e. The molecule has 1 saturated carbocycles. The van der Waals surface area contributed by atoms with E-state index in [1.807, 2.05) is 6.07 Å². The predicted molar refractivity (Wildman–Crippen MR) is 80.2 cm³/mol. The number of carbonyl (C=O) groups is 1. The van der Waals surface area contributed by atoms with Gasteiger partial charge < -0.3 is 20.3 Å². The molecule has 0 radical (unpaired) electrons. The van der Waals surface area contributed by atoms with Gasteiger partial charge in [0.15, 0.2) is 23.4 Å². The van der Waals surface area contributed by atoms with Crippen molar-refractivity contribution in [2.24, 2.45) is 0 Å². The van der Waals surface area contributed by atoms with Crippen LogP contribution in [0.4, 0.5) is 0 Å². The van der Waals surface area contributed by atoms with Crippen LogP contribution in [0.3, 0.4) is 0 Å².